The van der Waals surface area contributed by atoms with Crippen molar-refractivity contribution in [3.05, 3.63) is 102 Å². The van der Waals surface area contributed by atoms with Crippen molar-refractivity contribution in [1.29, 1.82) is 0 Å². The van der Waals surface area contributed by atoms with Gasteiger partial charge in [-0.15, -0.1) is 0 Å². The summed E-state index contributed by atoms with van der Waals surface area (Å²) in [4.78, 5) is 32.9. The summed E-state index contributed by atoms with van der Waals surface area (Å²) >= 11 is 0. The molecule has 2 amide bonds. The maximum atomic E-state index is 13.7. The fraction of sp³-hybridized carbons (Fsp3) is 0.258. The van der Waals surface area contributed by atoms with E-state index in [0.29, 0.717) is 25.1 Å². The highest BCUT2D eigenvalue weighted by molar-refractivity contribution is 6.07. The number of likely N-dealkylation sites (tertiary alicyclic amines) is 1. The van der Waals surface area contributed by atoms with Crippen molar-refractivity contribution in [2.45, 2.75) is 38.6 Å². The second-order valence-corrected chi connectivity index (χ2v) is 9.56. The fourth-order valence-electron chi connectivity index (χ4n) is 4.82. The zero-order chi connectivity index (χ0) is 24.9. The summed E-state index contributed by atoms with van der Waals surface area (Å²) in [6, 6.07) is 28.1. The SMILES string of the molecule is Cc1ccc(-c2cc(C(=O)N3CCC(NC(=O)CCc4ccccc4)CC3)c3ccccc3n2)cc1. The van der Waals surface area contributed by atoms with E-state index in [1.165, 1.54) is 11.1 Å². The average Bonchev–Trinajstić information content (AvgIpc) is 2.92. The molecule has 0 atom stereocenters. The van der Waals surface area contributed by atoms with Crippen LogP contribution in [0.25, 0.3) is 22.2 Å². The van der Waals surface area contributed by atoms with Gasteiger partial charge in [0.15, 0.2) is 0 Å². The normalized spacial score (nSPS) is 14.1. The number of rotatable bonds is 6. The van der Waals surface area contributed by atoms with Crippen LogP contribution in [0.2, 0.25) is 0 Å². The van der Waals surface area contributed by atoms with Crippen molar-refractivity contribution in [1.82, 2.24) is 15.2 Å². The van der Waals surface area contributed by atoms with Crippen LogP contribution in [0, 0.1) is 6.92 Å². The third-order valence-electron chi connectivity index (χ3n) is 6.92. The number of fused-ring (bicyclic) bond motifs is 1. The number of nitrogens with one attached hydrogen (secondary N) is 1. The molecule has 5 nitrogen and oxygen atoms in total. The number of nitrogens with zero attached hydrogens (tertiary/aromatic N) is 2. The summed E-state index contributed by atoms with van der Waals surface area (Å²) in [5.74, 6) is 0.0994. The lowest BCUT2D eigenvalue weighted by atomic mass is 10.00. The van der Waals surface area contributed by atoms with Gasteiger partial charge in [0.05, 0.1) is 16.8 Å². The van der Waals surface area contributed by atoms with E-state index in [-0.39, 0.29) is 17.9 Å². The molecule has 0 radical (unpaired) electrons. The first-order chi connectivity index (χ1) is 17.6. The van der Waals surface area contributed by atoms with Crippen molar-refractivity contribution in [3.8, 4) is 11.3 Å². The molecule has 36 heavy (non-hydrogen) atoms. The van der Waals surface area contributed by atoms with E-state index in [2.05, 4.69) is 24.4 Å². The molecule has 1 aliphatic heterocycles. The fourth-order valence-corrected chi connectivity index (χ4v) is 4.82. The Kier molecular flexibility index (Phi) is 7.08. The molecule has 5 rings (SSSR count). The minimum Gasteiger partial charge on any atom is -0.353 e. The Morgan fingerprint density at radius 3 is 2.36 bits per heavy atom. The molecule has 0 unspecified atom stereocenters. The third-order valence-corrected chi connectivity index (χ3v) is 6.92. The van der Waals surface area contributed by atoms with E-state index in [9.17, 15) is 9.59 Å². The van der Waals surface area contributed by atoms with Crippen LogP contribution < -0.4 is 5.32 Å². The maximum absolute atomic E-state index is 13.7. The largest absolute Gasteiger partial charge is 0.353 e. The van der Waals surface area contributed by atoms with Crippen molar-refractivity contribution in [2.24, 2.45) is 0 Å². The van der Waals surface area contributed by atoms with E-state index in [1.807, 2.05) is 77.7 Å². The zero-order valence-electron chi connectivity index (χ0n) is 20.6. The number of hydrogen-bond acceptors (Lipinski definition) is 3. The Bertz CT molecular complexity index is 1360. The first-order valence-corrected chi connectivity index (χ1v) is 12.7. The molecule has 1 aromatic heterocycles. The second-order valence-electron chi connectivity index (χ2n) is 9.56. The number of benzene rings is 3. The average molecular weight is 478 g/mol. The summed E-state index contributed by atoms with van der Waals surface area (Å²) < 4.78 is 0. The van der Waals surface area contributed by atoms with E-state index < -0.39 is 0 Å². The van der Waals surface area contributed by atoms with Gasteiger partial charge in [-0.2, -0.15) is 0 Å². The number of aromatic nitrogens is 1. The lowest BCUT2D eigenvalue weighted by Crippen LogP contribution is -2.46. The molecule has 1 aliphatic rings. The lowest BCUT2D eigenvalue weighted by Gasteiger charge is -2.32. The standard InChI is InChI=1S/C31H31N3O2/c1-22-11-14-24(15-12-22)29-21-27(26-9-5-6-10-28(26)33-29)31(36)34-19-17-25(18-20-34)32-30(35)16-13-23-7-3-2-4-8-23/h2-12,14-15,21,25H,13,16-20H2,1H3,(H,32,35). The molecule has 182 valence electrons. The summed E-state index contributed by atoms with van der Waals surface area (Å²) in [6.07, 6.45) is 2.74. The van der Waals surface area contributed by atoms with Crippen molar-refractivity contribution < 1.29 is 9.59 Å². The number of carbonyl (C=O) groups excluding carboxylic acids is 2. The lowest BCUT2D eigenvalue weighted by molar-refractivity contribution is -0.122. The number of carbonyl (C=O) groups is 2. The summed E-state index contributed by atoms with van der Waals surface area (Å²) in [5, 5.41) is 4.04. The Morgan fingerprint density at radius 2 is 1.61 bits per heavy atom. The summed E-state index contributed by atoms with van der Waals surface area (Å²) in [5.41, 5.74) is 5.66. The van der Waals surface area contributed by atoms with Gasteiger partial charge >= 0.3 is 0 Å². The topological polar surface area (TPSA) is 62.3 Å². The summed E-state index contributed by atoms with van der Waals surface area (Å²) in [6.45, 7) is 3.31. The molecule has 1 N–H and O–H groups in total. The van der Waals surface area contributed by atoms with Crippen LogP contribution in [0.5, 0.6) is 0 Å². The molecule has 4 aromatic rings. The van der Waals surface area contributed by atoms with Crippen LogP contribution in [0.15, 0.2) is 84.9 Å². The van der Waals surface area contributed by atoms with E-state index in [4.69, 9.17) is 4.98 Å². The minimum absolute atomic E-state index is 0.0239. The van der Waals surface area contributed by atoms with Crippen LogP contribution in [0.4, 0.5) is 0 Å². The molecule has 1 saturated heterocycles. The predicted molar refractivity (Wildman–Crippen MR) is 144 cm³/mol. The van der Waals surface area contributed by atoms with Crippen molar-refractivity contribution in [2.75, 3.05) is 13.1 Å². The monoisotopic (exact) mass is 477 g/mol. The van der Waals surface area contributed by atoms with Crippen LogP contribution in [0.3, 0.4) is 0 Å². The van der Waals surface area contributed by atoms with Gasteiger partial charge in [0.1, 0.15) is 0 Å². The minimum atomic E-state index is 0.0239. The molecule has 0 spiro atoms. The molecule has 3 aromatic carbocycles. The van der Waals surface area contributed by atoms with Gasteiger partial charge in [0.25, 0.3) is 5.91 Å². The van der Waals surface area contributed by atoms with E-state index >= 15 is 0 Å². The van der Waals surface area contributed by atoms with Gasteiger partial charge in [0.2, 0.25) is 5.91 Å². The zero-order valence-corrected chi connectivity index (χ0v) is 20.6. The van der Waals surface area contributed by atoms with Gasteiger partial charge in [-0.3, -0.25) is 9.59 Å². The van der Waals surface area contributed by atoms with Gasteiger partial charge in [0, 0.05) is 36.5 Å². The molecule has 0 bridgehead atoms. The van der Waals surface area contributed by atoms with Crippen LogP contribution in [0.1, 0.15) is 40.7 Å². The van der Waals surface area contributed by atoms with Crippen LogP contribution in [-0.4, -0.2) is 40.8 Å². The number of amides is 2. The Labute approximate surface area is 212 Å². The van der Waals surface area contributed by atoms with Gasteiger partial charge in [-0.25, -0.2) is 4.98 Å². The Balaban J connectivity index is 1.25. The highest BCUT2D eigenvalue weighted by Gasteiger charge is 2.26. The molecule has 2 heterocycles. The Hall–Kier alpha value is -3.99. The number of piperidine rings is 1. The predicted octanol–water partition coefficient (Wildman–Crippen LogP) is 5.56. The third kappa shape index (κ3) is 5.46. The van der Waals surface area contributed by atoms with Crippen LogP contribution >= 0.6 is 0 Å². The number of pyridine rings is 1. The van der Waals surface area contributed by atoms with Crippen LogP contribution in [-0.2, 0) is 11.2 Å². The van der Waals surface area contributed by atoms with Gasteiger partial charge < -0.3 is 10.2 Å². The quantitative estimate of drug-likeness (QED) is 0.395. The van der Waals surface area contributed by atoms with Crippen molar-refractivity contribution >= 4 is 22.7 Å². The van der Waals surface area contributed by atoms with E-state index in [1.54, 1.807) is 0 Å². The Morgan fingerprint density at radius 1 is 0.917 bits per heavy atom. The second kappa shape index (κ2) is 10.7. The number of aryl methyl sites for hydroxylation is 2. The van der Waals surface area contributed by atoms with Gasteiger partial charge in [-0.05, 0) is 43.9 Å². The highest BCUT2D eigenvalue weighted by atomic mass is 16.2. The molecule has 0 saturated carbocycles. The van der Waals surface area contributed by atoms with E-state index in [0.717, 1.165) is 41.4 Å². The first kappa shape index (κ1) is 23.7. The maximum Gasteiger partial charge on any atom is 0.254 e. The molecule has 5 heteroatoms. The first-order valence-electron chi connectivity index (χ1n) is 12.7. The molecular weight excluding hydrogens is 446 g/mol. The highest BCUT2D eigenvalue weighted by Crippen LogP contribution is 2.27. The molecule has 1 fully saturated rings. The molecular formula is C31H31N3O2. The smallest absolute Gasteiger partial charge is 0.254 e. The number of hydrogen-bond donors (Lipinski definition) is 1. The summed E-state index contributed by atoms with van der Waals surface area (Å²) in [7, 11) is 0. The number of para-hydroxylation sites is 1. The van der Waals surface area contributed by atoms with Crippen molar-refractivity contribution in [3.63, 3.8) is 0 Å². The van der Waals surface area contributed by atoms with Gasteiger partial charge in [-0.1, -0.05) is 78.4 Å². The molecule has 0 aliphatic carbocycles.